The topological polar surface area (TPSA) is 49.8 Å². The number of ether oxygens (including phenoxy) is 1. The van der Waals surface area contributed by atoms with E-state index >= 15 is 0 Å². The molecule has 0 amide bonds. The van der Waals surface area contributed by atoms with Crippen LogP contribution >= 0.6 is 0 Å². The fourth-order valence-electron chi connectivity index (χ4n) is 2.84. The van der Waals surface area contributed by atoms with Gasteiger partial charge in [0.05, 0.1) is 19.1 Å². The van der Waals surface area contributed by atoms with Crippen LogP contribution in [-0.2, 0) is 16.0 Å². The highest BCUT2D eigenvalue weighted by Crippen LogP contribution is 2.28. The van der Waals surface area contributed by atoms with E-state index < -0.39 is 5.97 Å². The third-order valence-corrected chi connectivity index (χ3v) is 3.99. The van der Waals surface area contributed by atoms with Gasteiger partial charge in [0.15, 0.2) is 0 Å². The molecule has 1 N–H and O–H groups in total. The van der Waals surface area contributed by atoms with Gasteiger partial charge in [0, 0.05) is 12.6 Å². The Morgan fingerprint density at radius 1 is 1.50 bits per heavy atom. The quantitative estimate of drug-likeness (QED) is 0.868. The van der Waals surface area contributed by atoms with E-state index in [1.165, 1.54) is 11.1 Å². The molecule has 2 atom stereocenters. The van der Waals surface area contributed by atoms with Crippen molar-refractivity contribution >= 4 is 5.97 Å². The summed E-state index contributed by atoms with van der Waals surface area (Å²) < 4.78 is 5.90. The van der Waals surface area contributed by atoms with Gasteiger partial charge in [-0.05, 0) is 31.0 Å². The lowest BCUT2D eigenvalue weighted by Crippen LogP contribution is -2.39. The molecule has 0 spiro atoms. The molecule has 0 saturated heterocycles. The molecule has 2 rings (SSSR count). The molecule has 1 heterocycles. The Labute approximate surface area is 120 Å². The monoisotopic (exact) mass is 277 g/mol. The molecule has 1 aromatic carbocycles. The molecule has 0 fully saturated rings. The van der Waals surface area contributed by atoms with Gasteiger partial charge >= 0.3 is 5.97 Å². The molecular formula is C16H23NO3. The Bertz CT molecular complexity index is 461. The summed E-state index contributed by atoms with van der Waals surface area (Å²) in [6.45, 7) is 6.35. The zero-order chi connectivity index (χ0) is 14.5. The van der Waals surface area contributed by atoms with Crippen molar-refractivity contribution in [2.75, 3.05) is 19.7 Å². The molecule has 2 unspecified atom stereocenters. The van der Waals surface area contributed by atoms with E-state index in [0.717, 1.165) is 26.1 Å². The number of hydrogen-bond donors (Lipinski definition) is 1. The Hall–Kier alpha value is -1.39. The first-order valence-corrected chi connectivity index (χ1v) is 7.27. The fraction of sp³-hybridized carbons (Fsp3) is 0.562. The number of nitrogens with zero attached hydrogens (tertiary/aromatic N) is 1. The van der Waals surface area contributed by atoms with Crippen LogP contribution in [0.2, 0.25) is 0 Å². The molecule has 110 valence electrons. The number of hydrogen-bond acceptors (Lipinski definition) is 3. The Morgan fingerprint density at radius 2 is 2.25 bits per heavy atom. The predicted molar refractivity (Wildman–Crippen MR) is 77.8 cm³/mol. The molecule has 20 heavy (non-hydrogen) atoms. The molecule has 0 saturated carbocycles. The summed E-state index contributed by atoms with van der Waals surface area (Å²) in [4.78, 5) is 13.0. The van der Waals surface area contributed by atoms with Crippen LogP contribution in [0.1, 0.15) is 37.5 Å². The third kappa shape index (κ3) is 3.58. The Kier molecular flexibility index (Phi) is 5.15. The van der Waals surface area contributed by atoms with Crippen LogP contribution in [0.3, 0.4) is 0 Å². The number of fused-ring (bicyclic) bond motifs is 1. The van der Waals surface area contributed by atoms with Gasteiger partial charge in [0.2, 0.25) is 0 Å². The number of likely N-dealkylation sites (N-methyl/N-ethyl adjacent to an activating group) is 1. The predicted octanol–water partition coefficient (Wildman–Crippen LogP) is 2.49. The maximum Gasteiger partial charge on any atom is 0.304 e. The SMILES string of the molecule is CCN(CC1OCCc2ccccc21)C(C)CC(=O)O. The van der Waals surface area contributed by atoms with E-state index in [2.05, 4.69) is 30.0 Å². The van der Waals surface area contributed by atoms with Crippen molar-refractivity contribution in [2.45, 2.75) is 38.8 Å². The van der Waals surface area contributed by atoms with Gasteiger partial charge in [0.25, 0.3) is 0 Å². The molecule has 4 nitrogen and oxygen atoms in total. The highest BCUT2D eigenvalue weighted by Gasteiger charge is 2.25. The van der Waals surface area contributed by atoms with Gasteiger partial charge < -0.3 is 9.84 Å². The number of rotatable bonds is 6. The average Bonchev–Trinajstić information content (AvgIpc) is 2.44. The largest absolute Gasteiger partial charge is 0.481 e. The summed E-state index contributed by atoms with van der Waals surface area (Å²) in [5.74, 6) is -0.749. The Morgan fingerprint density at radius 3 is 2.95 bits per heavy atom. The van der Waals surface area contributed by atoms with Crippen molar-refractivity contribution in [3.8, 4) is 0 Å². The zero-order valence-corrected chi connectivity index (χ0v) is 12.2. The number of carboxylic acids is 1. The van der Waals surface area contributed by atoms with Crippen molar-refractivity contribution in [1.82, 2.24) is 4.90 Å². The van der Waals surface area contributed by atoms with Crippen molar-refractivity contribution in [1.29, 1.82) is 0 Å². The highest BCUT2D eigenvalue weighted by molar-refractivity contribution is 5.67. The van der Waals surface area contributed by atoms with Crippen molar-refractivity contribution < 1.29 is 14.6 Å². The second-order valence-electron chi connectivity index (χ2n) is 5.34. The average molecular weight is 277 g/mol. The maximum atomic E-state index is 10.9. The molecule has 0 aromatic heterocycles. The molecule has 1 aliphatic rings. The second-order valence-corrected chi connectivity index (χ2v) is 5.34. The highest BCUT2D eigenvalue weighted by atomic mass is 16.5. The van der Waals surface area contributed by atoms with E-state index in [4.69, 9.17) is 9.84 Å². The van der Waals surface area contributed by atoms with Gasteiger partial charge in [-0.1, -0.05) is 31.2 Å². The molecule has 0 bridgehead atoms. The lowest BCUT2D eigenvalue weighted by Gasteiger charge is -2.33. The summed E-state index contributed by atoms with van der Waals surface area (Å²) in [6, 6.07) is 8.40. The van der Waals surface area contributed by atoms with Crippen LogP contribution < -0.4 is 0 Å². The summed E-state index contributed by atoms with van der Waals surface area (Å²) in [6.07, 6.45) is 1.18. The van der Waals surface area contributed by atoms with Crippen molar-refractivity contribution in [3.63, 3.8) is 0 Å². The van der Waals surface area contributed by atoms with E-state index in [9.17, 15) is 4.79 Å². The minimum atomic E-state index is -0.749. The van der Waals surface area contributed by atoms with E-state index in [0.29, 0.717) is 0 Å². The van der Waals surface area contributed by atoms with Gasteiger partial charge in [-0.2, -0.15) is 0 Å². The summed E-state index contributed by atoms with van der Waals surface area (Å²) >= 11 is 0. The Balaban J connectivity index is 2.07. The smallest absolute Gasteiger partial charge is 0.304 e. The first kappa shape index (κ1) is 15.0. The van der Waals surface area contributed by atoms with E-state index in [1.807, 2.05) is 13.0 Å². The fourth-order valence-corrected chi connectivity index (χ4v) is 2.84. The molecule has 0 aliphatic carbocycles. The van der Waals surface area contributed by atoms with Crippen LogP contribution in [0.25, 0.3) is 0 Å². The third-order valence-electron chi connectivity index (χ3n) is 3.99. The van der Waals surface area contributed by atoms with Gasteiger partial charge in [-0.25, -0.2) is 0 Å². The summed E-state index contributed by atoms with van der Waals surface area (Å²) in [5, 5.41) is 8.93. The number of carboxylic acid groups (broad SMARTS) is 1. The first-order valence-electron chi connectivity index (χ1n) is 7.27. The summed E-state index contributed by atoms with van der Waals surface area (Å²) in [5.41, 5.74) is 2.60. The summed E-state index contributed by atoms with van der Waals surface area (Å²) in [7, 11) is 0. The minimum absolute atomic E-state index is 0.0233. The molecule has 1 aliphatic heterocycles. The first-order chi connectivity index (χ1) is 9.61. The molecule has 1 aromatic rings. The molecule has 0 radical (unpaired) electrons. The van der Waals surface area contributed by atoms with Crippen LogP contribution in [0.15, 0.2) is 24.3 Å². The lowest BCUT2D eigenvalue weighted by atomic mass is 9.97. The molecule has 4 heteroatoms. The standard InChI is InChI=1S/C16H23NO3/c1-3-17(12(2)10-16(18)19)11-15-14-7-5-4-6-13(14)8-9-20-15/h4-7,12,15H,3,8-11H2,1-2H3,(H,18,19). The molecular weight excluding hydrogens is 254 g/mol. The van der Waals surface area contributed by atoms with Crippen LogP contribution in [0, 0.1) is 0 Å². The van der Waals surface area contributed by atoms with E-state index in [-0.39, 0.29) is 18.6 Å². The zero-order valence-electron chi connectivity index (χ0n) is 12.2. The van der Waals surface area contributed by atoms with Crippen molar-refractivity contribution in [2.24, 2.45) is 0 Å². The van der Waals surface area contributed by atoms with Gasteiger partial charge in [-0.15, -0.1) is 0 Å². The minimum Gasteiger partial charge on any atom is -0.481 e. The van der Waals surface area contributed by atoms with E-state index in [1.54, 1.807) is 0 Å². The van der Waals surface area contributed by atoms with Crippen LogP contribution in [0.5, 0.6) is 0 Å². The normalized spacial score (nSPS) is 19.6. The van der Waals surface area contributed by atoms with Crippen LogP contribution in [0.4, 0.5) is 0 Å². The van der Waals surface area contributed by atoms with Gasteiger partial charge in [-0.3, -0.25) is 9.69 Å². The number of benzene rings is 1. The number of carbonyl (C=O) groups is 1. The lowest BCUT2D eigenvalue weighted by molar-refractivity contribution is -0.138. The number of aliphatic carboxylic acids is 1. The maximum absolute atomic E-state index is 10.9. The second kappa shape index (κ2) is 6.86. The van der Waals surface area contributed by atoms with Crippen LogP contribution in [-0.4, -0.2) is 41.7 Å². The van der Waals surface area contributed by atoms with Gasteiger partial charge in [0.1, 0.15) is 0 Å². The van der Waals surface area contributed by atoms with Crippen molar-refractivity contribution in [3.05, 3.63) is 35.4 Å².